The summed E-state index contributed by atoms with van der Waals surface area (Å²) in [6.45, 7) is 19.3. The van der Waals surface area contributed by atoms with Crippen LogP contribution in [0.1, 0.15) is 72.4 Å². The molecule has 6 nitrogen and oxygen atoms in total. The largest absolute Gasteiger partial charge is 0.363 e. The highest BCUT2D eigenvalue weighted by molar-refractivity contribution is 5.83. The van der Waals surface area contributed by atoms with Gasteiger partial charge in [-0.25, -0.2) is 4.79 Å². The van der Waals surface area contributed by atoms with Crippen LogP contribution in [0.3, 0.4) is 0 Å². The number of rotatable bonds is 9. The fraction of sp³-hybridized carbons (Fsp3) is 0.645. The summed E-state index contributed by atoms with van der Waals surface area (Å²) in [5.41, 5.74) is 3.45. The van der Waals surface area contributed by atoms with E-state index in [1.807, 2.05) is 0 Å². The van der Waals surface area contributed by atoms with Gasteiger partial charge < -0.3 is 20.3 Å². The minimum atomic E-state index is -0.289. The van der Waals surface area contributed by atoms with Crippen molar-refractivity contribution in [3.63, 3.8) is 0 Å². The van der Waals surface area contributed by atoms with Crippen LogP contribution in [0.25, 0.3) is 0 Å². The lowest BCUT2D eigenvalue weighted by Crippen LogP contribution is -2.55. The van der Waals surface area contributed by atoms with E-state index in [-0.39, 0.29) is 52.5 Å². The molecule has 3 aliphatic rings. The van der Waals surface area contributed by atoms with Crippen LogP contribution >= 0.6 is 0 Å². The first-order chi connectivity index (χ1) is 17.2. The molecule has 1 aromatic carbocycles. The van der Waals surface area contributed by atoms with E-state index in [4.69, 9.17) is 0 Å². The monoisotopic (exact) mass is 507 g/mol. The van der Waals surface area contributed by atoms with Crippen molar-refractivity contribution in [1.29, 1.82) is 0 Å². The second-order valence-corrected chi connectivity index (χ2v) is 13.3. The van der Waals surface area contributed by atoms with Gasteiger partial charge in [-0.05, 0) is 72.8 Å². The van der Waals surface area contributed by atoms with E-state index in [0.29, 0.717) is 24.7 Å². The van der Waals surface area contributed by atoms with Crippen LogP contribution < -0.4 is 10.6 Å². The number of fused-ring (bicyclic) bond motifs is 2. The molecule has 6 heteroatoms. The average molecular weight is 508 g/mol. The number of amides is 2. The third kappa shape index (κ3) is 5.49. The van der Waals surface area contributed by atoms with Crippen LogP contribution in [0.2, 0.25) is 0 Å². The fourth-order valence-corrected chi connectivity index (χ4v) is 6.94. The Balaban J connectivity index is 1.55. The smallest absolute Gasteiger partial charge is 0.315 e. The molecule has 2 fully saturated rings. The number of carbonyl (C=O) groups excluding carboxylic acids is 3. The highest BCUT2D eigenvalue weighted by atomic mass is 16.2. The fourth-order valence-electron chi connectivity index (χ4n) is 6.94. The van der Waals surface area contributed by atoms with Gasteiger partial charge in [-0.3, -0.25) is 4.79 Å². The molecule has 0 bridgehead atoms. The number of Topliss-reactive ketones (excluding diaryl/α,β-unsaturated/α-hetero) is 2. The molecule has 1 aromatic rings. The lowest BCUT2D eigenvalue weighted by atomic mass is 9.83. The summed E-state index contributed by atoms with van der Waals surface area (Å²) in [5, 5.41) is 6.45. The van der Waals surface area contributed by atoms with Gasteiger partial charge in [0.1, 0.15) is 5.78 Å². The number of likely N-dealkylation sites (tertiary alicyclic amines) is 1. The summed E-state index contributed by atoms with van der Waals surface area (Å²) in [4.78, 5) is 40.1. The molecule has 0 radical (unpaired) electrons. The molecule has 0 aromatic heterocycles. The predicted octanol–water partition coefficient (Wildman–Crippen LogP) is 4.91. The summed E-state index contributed by atoms with van der Waals surface area (Å²) in [7, 11) is 0. The van der Waals surface area contributed by atoms with Gasteiger partial charge in [-0.15, -0.1) is 0 Å². The molecular weight excluding hydrogens is 462 g/mol. The second-order valence-electron chi connectivity index (χ2n) is 13.3. The van der Waals surface area contributed by atoms with Gasteiger partial charge >= 0.3 is 6.03 Å². The molecule has 5 atom stereocenters. The molecule has 4 rings (SSSR count). The second kappa shape index (κ2) is 9.92. The Morgan fingerprint density at radius 2 is 1.68 bits per heavy atom. The average Bonchev–Trinajstić information content (AvgIpc) is 3.19. The van der Waals surface area contributed by atoms with Gasteiger partial charge in [0, 0.05) is 24.7 Å². The highest BCUT2D eigenvalue weighted by Crippen LogP contribution is 2.65. The summed E-state index contributed by atoms with van der Waals surface area (Å²) in [5.74, 6) is 1.28. The third-order valence-corrected chi connectivity index (χ3v) is 9.33. The zero-order chi connectivity index (χ0) is 27.3. The number of ketones is 2. The van der Waals surface area contributed by atoms with E-state index < -0.39 is 0 Å². The van der Waals surface area contributed by atoms with Crippen molar-refractivity contribution >= 4 is 17.6 Å². The predicted molar refractivity (Wildman–Crippen MR) is 147 cm³/mol. The SMILES string of the molecule is C=C(C(NC(=O)NC(CCC(C)=O)C(C)(C)C)C1Cc2ccccc2C1)N1C[C@H]2[C@@H](C1C(C)=O)C2(C)C. The Bertz CT molecular complexity index is 1060. The number of piperidine rings is 1. The first-order valence-electron chi connectivity index (χ1n) is 13.8. The molecule has 1 saturated heterocycles. The van der Waals surface area contributed by atoms with Crippen LogP contribution in [0.15, 0.2) is 36.5 Å². The Morgan fingerprint density at radius 3 is 2.19 bits per heavy atom. The number of nitrogens with one attached hydrogen (secondary N) is 2. The molecular formula is C31H45N3O3. The first kappa shape index (κ1) is 27.4. The lowest BCUT2D eigenvalue weighted by Gasteiger charge is -2.39. The maximum atomic E-state index is 13.5. The van der Waals surface area contributed by atoms with Crippen molar-refractivity contribution in [2.75, 3.05) is 6.54 Å². The molecule has 1 aliphatic heterocycles. The molecule has 1 saturated carbocycles. The van der Waals surface area contributed by atoms with E-state index in [1.165, 1.54) is 11.1 Å². The van der Waals surface area contributed by atoms with E-state index in [9.17, 15) is 14.4 Å². The van der Waals surface area contributed by atoms with Gasteiger partial charge in [0.05, 0.1) is 12.1 Å². The molecule has 2 N–H and O–H groups in total. The van der Waals surface area contributed by atoms with Crippen LogP contribution in [0, 0.1) is 28.6 Å². The Morgan fingerprint density at radius 1 is 1.08 bits per heavy atom. The summed E-state index contributed by atoms with van der Waals surface area (Å²) in [6.07, 6.45) is 2.76. The van der Waals surface area contributed by atoms with Crippen molar-refractivity contribution in [2.24, 2.45) is 28.6 Å². The molecule has 1 heterocycles. The van der Waals surface area contributed by atoms with Crippen LogP contribution in [0.5, 0.6) is 0 Å². The third-order valence-electron chi connectivity index (χ3n) is 9.33. The molecule has 2 amide bonds. The minimum Gasteiger partial charge on any atom is -0.363 e. The van der Waals surface area contributed by atoms with E-state index in [1.54, 1.807) is 13.8 Å². The number of hydrogen-bond donors (Lipinski definition) is 2. The van der Waals surface area contributed by atoms with Crippen LogP contribution in [0.4, 0.5) is 4.79 Å². The van der Waals surface area contributed by atoms with Gasteiger partial charge in [-0.1, -0.05) is 65.5 Å². The van der Waals surface area contributed by atoms with Gasteiger partial charge in [-0.2, -0.15) is 0 Å². The molecule has 37 heavy (non-hydrogen) atoms. The molecule has 202 valence electrons. The zero-order valence-corrected chi connectivity index (χ0v) is 23.7. The number of hydrogen-bond acceptors (Lipinski definition) is 4. The highest BCUT2D eigenvalue weighted by Gasteiger charge is 2.68. The first-order valence-corrected chi connectivity index (χ1v) is 13.8. The van der Waals surface area contributed by atoms with Crippen molar-refractivity contribution in [3.05, 3.63) is 47.7 Å². The van der Waals surface area contributed by atoms with Crippen molar-refractivity contribution in [2.45, 2.75) is 92.3 Å². The zero-order valence-electron chi connectivity index (χ0n) is 23.7. The van der Waals surface area contributed by atoms with Crippen LogP contribution in [-0.4, -0.2) is 47.2 Å². The van der Waals surface area contributed by atoms with E-state index in [0.717, 1.165) is 25.1 Å². The Hall–Kier alpha value is -2.63. The summed E-state index contributed by atoms with van der Waals surface area (Å²) >= 11 is 0. The molecule has 2 aliphatic carbocycles. The number of nitrogens with zero attached hydrogens (tertiary/aromatic N) is 1. The standard InChI is InChI=1S/C31H45N3O3/c1-18(35)13-14-25(30(4,5)6)32-29(37)33-27(23-15-21-11-9-10-12-22(21)16-23)19(2)34-17-24-26(31(24,7)8)28(34)20(3)36/h9-12,23-28H,2,13-17H2,1,3-8H3,(H2,32,33,37)/t24-,25?,26-,27?,28?/m0/s1. The number of carbonyl (C=O) groups is 3. The quantitative estimate of drug-likeness (QED) is 0.498. The van der Waals surface area contributed by atoms with Gasteiger partial charge in [0.2, 0.25) is 0 Å². The van der Waals surface area contributed by atoms with Gasteiger partial charge in [0.25, 0.3) is 0 Å². The van der Waals surface area contributed by atoms with Crippen molar-refractivity contribution in [3.8, 4) is 0 Å². The minimum absolute atomic E-state index is 0.122. The van der Waals surface area contributed by atoms with Crippen molar-refractivity contribution < 1.29 is 14.4 Å². The topological polar surface area (TPSA) is 78.5 Å². The number of urea groups is 1. The maximum absolute atomic E-state index is 13.5. The maximum Gasteiger partial charge on any atom is 0.315 e. The van der Waals surface area contributed by atoms with E-state index >= 15 is 0 Å². The Labute approximate surface area is 222 Å². The summed E-state index contributed by atoms with van der Waals surface area (Å²) in [6, 6.07) is 7.61. The molecule has 3 unspecified atom stereocenters. The Kier molecular flexibility index (Phi) is 7.35. The van der Waals surface area contributed by atoms with Gasteiger partial charge in [0.15, 0.2) is 5.78 Å². The lowest BCUT2D eigenvalue weighted by molar-refractivity contribution is -0.122. The molecule has 0 spiro atoms. The van der Waals surface area contributed by atoms with E-state index in [2.05, 4.69) is 81.0 Å². The summed E-state index contributed by atoms with van der Waals surface area (Å²) < 4.78 is 0. The van der Waals surface area contributed by atoms with Crippen molar-refractivity contribution in [1.82, 2.24) is 15.5 Å². The number of benzene rings is 1. The van der Waals surface area contributed by atoms with Crippen LogP contribution in [-0.2, 0) is 22.4 Å². The normalized spacial score (nSPS) is 25.6.